The first kappa shape index (κ1) is 10.8. The first-order valence-electron chi connectivity index (χ1n) is 5.23. The summed E-state index contributed by atoms with van der Waals surface area (Å²) in [6, 6.07) is 8.67. The number of rotatable bonds is 4. The van der Waals surface area contributed by atoms with Gasteiger partial charge in [0.1, 0.15) is 5.82 Å². The fourth-order valence-corrected chi connectivity index (χ4v) is 1.58. The normalized spacial score (nSPS) is 12.6. The average molecular weight is 219 g/mol. The molecular formula is C12H14FN3. The van der Waals surface area contributed by atoms with Gasteiger partial charge >= 0.3 is 0 Å². The van der Waals surface area contributed by atoms with Crippen LogP contribution in [0.25, 0.3) is 0 Å². The van der Waals surface area contributed by atoms with Crippen LogP contribution in [0.4, 0.5) is 4.39 Å². The Morgan fingerprint density at radius 1 is 1.38 bits per heavy atom. The smallest absolute Gasteiger partial charge is 0.127 e. The zero-order valence-corrected chi connectivity index (χ0v) is 9.07. The zero-order chi connectivity index (χ0) is 11.4. The van der Waals surface area contributed by atoms with Gasteiger partial charge in [-0.2, -0.15) is 5.10 Å². The lowest BCUT2D eigenvalue weighted by molar-refractivity contribution is 0.524. The Balaban J connectivity index is 1.98. The second-order valence-corrected chi connectivity index (χ2v) is 3.71. The van der Waals surface area contributed by atoms with Crippen LogP contribution in [0.1, 0.15) is 24.2 Å². The monoisotopic (exact) mass is 219 g/mol. The summed E-state index contributed by atoms with van der Waals surface area (Å²) in [6.07, 6.45) is 1.70. The van der Waals surface area contributed by atoms with E-state index in [1.165, 1.54) is 6.07 Å². The van der Waals surface area contributed by atoms with Gasteiger partial charge in [-0.15, -0.1) is 0 Å². The molecular weight excluding hydrogens is 205 g/mol. The summed E-state index contributed by atoms with van der Waals surface area (Å²) in [5.41, 5.74) is 1.67. The van der Waals surface area contributed by atoms with E-state index >= 15 is 0 Å². The van der Waals surface area contributed by atoms with Gasteiger partial charge in [0.25, 0.3) is 0 Å². The summed E-state index contributed by atoms with van der Waals surface area (Å²) in [4.78, 5) is 0. The maximum absolute atomic E-state index is 13.4. The number of aromatic nitrogens is 2. The van der Waals surface area contributed by atoms with Crippen molar-refractivity contribution >= 4 is 0 Å². The zero-order valence-electron chi connectivity index (χ0n) is 9.07. The van der Waals surface area contributed by atoms with E-state index in [2.05, 4.69) is 15.5 Å². The van der Waals surface area contributed by atoms with Crippen molar-refractivity contribution in [3.63, 3.8) is 0 Å². The van der Waals surface area contributed by atoms with Gasteiger partial charge in [0.05, 0.1) is 0 Å². The van der Waals surface area contributed by atoms with Crippen molar-refractivity contribution in [2.45, 2.75) is 19.5 Å². The lowest BCUT2D eigenvalue weighted by atomic mass is 10.1. The van der Waals surface area contributed by atoms with Crippen LogP contribution in [-0.4, -0.2) is 10.2 Å². The van der Waals surface area contributed by atoms with Crippen LogP contribution in [0.3, 0.4) is 0 Å². The van der Waals surface area contributed by atoms with Crippen LogP contribution in [0.15, 0.2) is 36.5 Å². The summed E-state index contributed by atoms with van der Waals surface area (Å²) in [5, 5.41) is 9.93. The Labute approximate surface area is 93.7 Å². The molecule has 0 aliphatic carbocycles. The van der Waals surface area contributed by atoms with Crippen molar-refractivity contribution < 1.29 is 4.39 Å². The number of hydrogen-bond acceptors (Lipinski definition) is 2. The minimum Gasteiger partial charge on any atom is -0.304 e. The van der Waals surface area contributed by atoms with Gasteiger partial charge in [0, 0.05) is 30.0 Å². The van der Waals surface area contributed by atoms with Gasteiger partial charge in [0.2, 0.25) is 0 Å². The van der Waals surface area contributed by atoms with E-state index < -0.39 is 0 Å². The van der Waals surface area contributed by atoms with Crippen molar-refractivity contribution in [1.29, 1.82) is 0 Å². The van der Waals surface area contributed by atoms with Crippen LogP contribution < -0.4 is 5.32 Å². The Bertz CT molecular complexity index is 439. The first-order chi connectivity index (χ1) is 7.77. The predicted octanol–water partition coefficient (Wildman–Crippen LogP) is 2.40. The Kier molecular flexibility index (Phi) is 3.31. The van der Waals surface area contributed by atoms with Gasteiger partial charge in [-0.05, 0) is 19.1 Å². The quantitative estimate of drug-likeness (QED) is 0.829. The number of nitrogens with one attached hydrogen (secondary N) is 2. The van der Waals surface area contributed by atoms with E-state index in [4.69, 9.17) is 0 Å². The van der Waals surface area contributed by atoms with Gasteiger partial charge in [-0.3, -0.25) is 5.10 Å². The number of H-pyrrole nitrogens is 1. The third-order valence-corrected chi connectivity index (χ3v) is 2.53. The summed E-state index contributed by atoms with van der Waals surface area (Å²) in [7, 11) is 0. The molecule has 2 N–H and O–H groups in total. The molecule has 0 saturated carbocycles. The fraction of sp³-hybridized carbons (Fsp3) is 0.250. The molecule has 0 aliphatic heterocycles. The third kappa shape index (κ3) is 2.46. The van der Waals surface area contributed by atoms with E-state index in [0.717, 1.165) is 5.69 Å². The molecule has 1 atom stereocenters. The highest BCUT2D eigenvalue weighted by molar-refractivity contribution is 5.20. The van der Waals surface area contributed by atoms with Gasteiger partial charge in [-0.1, -0.05) is 18.2 Å². The van der Waals surface area contributed by atoms with Crippen LogP contribution >= 0.6 is 0 Å². The standard InChI is InChI=1S/C12H14FN3/c1-9(11-4-2-3-5-12(11)13)14-8-10-6-7-15-16-10/h2-7,9,14H,8H2,1H3,(H,15,16). The van der Waals surface area contributed by atoms with Crippen molar-refractivity contribution in [3.8, 4) is 0 Å². The third-order valence-electron chi connectivity index (χ3n) is 2.53. The lowest BCUT2D eigenvalue weighted by Gasteiger charge is -2.14. The molecule has 4 heteroatoms. The van der Waals surface area contributed by atoms with Crippen LogP contribution in [0, 0.1) is 5.82 Å². The molecule has 0 radical (unpaired) electrons. The highest BCUT2D eigenvalue weighted by atomic mass is 19.1. The maximum atomic E-state index is 13.4. The molecule has 1 unspecified atom stereocenters. The summed E-state index contributed by atoms with van der Waals surface area (Å²) in [6.45, 7) is 2.59. The molecule has 2 rings (SSSR count). The molecule has 0 saturated heterocycles. The SMILES string of the molecule is CC(NCc1ccn[nH]1)c1ccccc1F. The number of benzene rings is 1. The van der Waals surface area contributed by atoms with Crippen LogP contribution in [0.2, 0.25) is 0 Å². The van der Waals surface area contributed by atoms with Crippen LogP contribution in [0.5, 0.6) is 0 Å². The highest BCUT2D eigenvalue weighted by Gasteiger charge is 2.09. The van der Waals surface area contributed by atoms with E-state index in [-0.39, 0.29) is 11.9 Å². The summed E-state index contributed by atoms with van der Waals surface area (Å²) in [5.74, 6) is -0.174. The molecule has 0 spiro atoms. The first-order valence-corrected chi connectivity index (χ1v) is 5.23. The highest BCUT2D eigenvalue weighted by Crippen LogP contribution is 2.16. The number of nitrogens with zero attached hydrogens (tertiary/aromatic N) is 1. The van der Waals surface area contributed by atoms with E-state index in [1.54, 1.807) is 18.3 Å². The Hall–Kier alpha value is -1.68. The van der Waals surface area contributed by atoms with Gasteiger partial charge in [-0.25, -0.2) is 4.39 Å². The molecule has 1 aromatic carbocycles. The largest absolute Gasteiger partial charge is 0.304 e. The number of hydrogen-bond donors (Lipinski definition) is 2. The molecule has 0 aliphatic rings. The van der Waals surface area contributed by atoms with Gasteiger partial charge in [0.15, 0.2) is 0 Å². The topological polar surface area (TPSA) is 40.7 Å². The number of aromatic amines is 1. The molecule has 2 aromatic rings. The maximum Gasteiger partial charge on any atom is 0.127 e. The second kappa shape index (κ2) is 4.90. The minimum atomic E-state index is -0.174. The predicted molar refractivity (Wildman–Crippen MR) is 60.2 cm³/mol. The van der Waals surface area contributed by atoms with Crippen molar-refractivity contribution in [1.82, 2.24) is 15.5 Å². The van der Waals surface area contributed by atoms with E-state index in [0.29, 0.717) is 12.1 Å². The van der Waals surface area contributed by atoms with Crippen molar-refractivity contribution in [2.75, 3.05) is 0 Å². The molecule has 16 heavy (non-hydrogen) atoms. The Morgan fingerprint density at radius 2 is 2.19 bits per heavy atom. The summed E-state index contributed by atoms with van der Waals surface area (Å²) >= 11 is 0. The van der Waals surface area contributed by atoms with Crippen molar-refractivity contribution in [2.24, 2.45) is 0 Å². The number of halogens is 1. The Morgan fingerprint density at radius 3 is 2.88 bits per heavy atom. The fourth-order valence-electron chi connectivity index (χ4n) is 1.58. The molecule has 1 aromatic heterocycles. The molecule has 3 nitrogen and oxygen atoms in total. The molecule has 0 bridgehead atoms. The van der Waals surface area contributed by atoms with Crippen molar-refractivity contribution in [3.05, 3.63) is 53.6 Å². The molecule has 1 heterocycles. The second-order valence-electron chi connectivity index (χ2n) is 3.71. The van der Waals surface area contributed by atoms with E-state index in [1.807, 2.05) is 19.1 Å². The summed E-state index contributed by atoms with van der Waals surface area (Å²) < 4.78 is 13.4. The van der Waals surface area contributed by atoms with E-state index in [9.17, 15) is 4.39 Å². The molecule has 84 valence electrons. The van der Waals surface area contributed by atoms with Gasteiger partial charge < -0.3 is 5.32 Å². The lowest BCUT2D eigenvalue weighted by Crippen LogP contribution is -2.19. The molecule has 0 fully saturated rings. The van der Waals surface area contributed by atoms with Crippen LogP contribution in [-0.2, 0) is 6.54 Å². The minimum absolute atomic E-state index is 0.0236. The molecule has 0 amide bonds. The average Bonchev–Trinajstić information content (AvgIpc) is 2.79.